The van der Waals surface area contributed by atoms with E-state index in [1.165, 1.54) is 49.1 Å². The molecule has 0 aliphatic rings. The number of nitrogens with one attached hydrogen (secondary N) is 1. The zero-order chi connectivity index (χ0) is 26.0. The highest BCUT2D eigenvalue weighted by atomic mass is 19.4. The minimum absolute atomic E-state index is 0.0329. The smallest absolute Gasteiger partial charge is 0.413 e. The molecule has 3 heterocycles. The molecule has 4 rings (SSSR count). The molecule has 184 valence electrons. The highest BCUT2D eigenvalue weighted by Crippen LogP contribution is 2.22. The summed E-state index contributed by atoms with van der Waals surface area (Å²) in [6.45, 7) is -0.129. The van der Waals surface area contributed by atoms with Gasteiger partial charge >= 0.3 is 12.1 Å². The van der Waals surface area contributed by atoms with Crippen LogP contribution in [0.2, 0.25) is 0 Å². The molecule has 0 unspecified atom stereocenters. The summed E-state index contributed by atoms with van der Waals surface area (Å²) >= 11 is 0. The van der Waals surface area contributed by atoms with Gasteiger partial charge in [0.1, 0.15) is 11.5 Å². The number of carbonyl (C=O) groups excluding carboxylic acids is 2. The van der Waals surface area contributed by atoms with E-state index in [1.807, 2.05) is 0 Å². The van der Waals surface area contributed by atoms with Crippen LogP contribution >= 0.6 is 0 Å². The zero-order valence-electron chi connectivity index (χ0n) is 18.0. The molecule has 1 N–H and O–H groups in total. The molecular formula is C23H14F4N4O5. The Balaban J connectivity index is 1.85. The van der Waals surface area contributed by atoms with Crippen LogP contribution in [0.15, 0.2) is 77.0 Å². The van der Waals surface area contributed by atoms with Crippen LogP contribution < -0.4 is 21.0 Å². The lowest BCUT2D eigenvalue weighted by Gasteiger charge is -2.14. The van der Waals surface area contributed by atoms with Crippen LogP contribution in [0.4, 0.5) is 23.2 Å². The number of hydrogen-bond donors (Lipinski definition) is 1. The first-order chi connectivity index (χ1) is 17.0. The molecule has 13 heteroatoms. The molecule has 0 atom stereocenters. The van der Waals surface area contributed by atoms with E-state index < -0.39 is 51.8 Å². The summed E-state index contributed by atoms with van der Waals surface area (Å²) < 4.78 is 58.3. The number of fused-ring (bicyclic) bond motifs is 1. The molecule has 9 nitrogen and oxygen atoms in total. The quantitative estimate of drug-likeness (QED) is 0.332. The maximum Gasteiger partial charge on any atom is 0.491 e. The summed E-state index contributed by atoms with van der Waals surface area (Å²) in [4.78, 5) is 53.9. The average molecular weight is 502 g/mol. The molecule has 0 bridgehead atoms. The topological polar surface area (TPSA) is 112 Å². The third kappa shape index (κ3) is 4.99. The summed E-state index contributed by atoms with van der Waals surface area (Å²) in [5, 5.41) is 2.22. The molecule has 36 heavy (non-hydrogen) atoms. The molecule has 4 aromatic rings. The molecule has 0 saturated heterocycles. The monoisotopic (exact) mass is 502 g/mol. The maximum atomic E-state index is 13.2. The second-order valence-electron chi connectivity index (χ2n) is 7.40. The third-order valence-electron chi connectivity index (χ3n) is 4.93. The van der Waals surface area contributed by atoms with Crippen molar-refractivity contribution in [2.24, 2.45) is 0 Å². The summed E-state index contributed by atoms with van der Waals surface area (Å²) in [6, 6.07) is 7.90. The SMILES string of the molecule is O=C(Nc1cn2ccn(Cc3ccc(F)cc3)c(=O)c2c(OC(=O)C(F)(F)F)c1=O)c1cccnc1. The Kier molecular flexibility index (Phi) is 6.38. The Labute approximate surface area is 198 Å². The number of anilines is 1. The number of alkyl halides is 3. The largest absolute Gasteiger partial charge is 0.491 e. The number of pyridine rings is 2. The fourth-order valence-corrected chi connectivity index (χ4v) is 3.23. The van der Waals surface area contributed by atoms with E-state index >= 15 is 0 Å². The molecule has 0 spiro atoms. The number of amides is 1. The molecule has 1 aromatic carbocycles. The van der Waals surface area contributed by atoms with E-state index in [9.17, 15) is 36.7 Å². The van der Waals surface area contributed by atoms with Gasteiger partial charge in [-0.05, 0) is 29.8 Å². The molecule has 0 aliphatic carbocycles. The van der Waals surface area contributed by atoms with Crippen LogP contribution in [-0.2, 0) is 11.3 Å². The van der Waals surface area contributed by atoms with Gasteiger partial charge in [0.05, 0.1) is 12.1 Å². The van der Waals surface area contributed by atoms with Crippen LogP contribution in [-0.4, -0.2) is 32.0 Å². The molecule has 0 aliphatic heterocycles. The second kappa shape index (κ2) is 9.44. The highest BCUT2D eigenvalue weighted by molar-refractivity contribution is 6.04. The van der Waals surface area contributed by atoms with E-state index in [0.29, 0.717) is 5.56 Å². The summed E-state index contributed by atoms with van der Waals surface area (Å²) in [6.07, 6.45) is 0.580. The van der Waals surface area contributed by atoms with E-state index in [-0.39, 0.29) is 12.1 Å². The van der Waals surface area contributed by atoms with Crippen LogP contribution in [0.1, 0.15) is 15.9 Å². The van der Waals surface area contributed by atoms with Crippen LogP contribution in [0.3, 0.4) is 0 Å². The van der Waals surface area contributed by atoms with Crippen molar-refractivity contribution in [2.75, 3.05) is 5.32 Å². The van der Waals surface area contributed by atoms with Gasteiger partial charge in [-0.1, -0.05) is 12.1 Å². The third-order valence-corrected chi connectivity index (χ3v) is 4.93. The summed E-state index contributed by atoms with van der Waals surface area (Å²) in [5.41, 5.74) is -3.04. The van der Waals surface area contributed by atoms with Crippen LogP contribution in [0, 0.1) is 5.82 Å². The Morgan fingerprint density at radius 3 is 2.42 bits per heavy atom. The van der Waals surface area contributed by atoms with Gasteiger partial charge < -0.3 is 19.0 Å². The van der Waals surface area contributed by atoms with Gasteiger partial charge in [-0.2, -0.15) is 13.2 Å². The number of rotatable bonds is 5. The van der Waals surface area contributed by atoms with Gasteiger partial charge in [0.25, 0.3) is 11.5 Å². The number of hydrogen-bond acceptors (Lipinski definition) is 6. The number of aromatic nitrogens is 3. The molecule has 0 fully saturated rings. The van der Waals surface area contributed by atoms with Gasteiger partial charge in [0.15, 0.2) is 5.52 Å². The van der Waals surface area contributed by atoms with Gasteiger partial charge in [0.2, 0.25) is 11.2 Å². The minimum Gasteiger partial charge on any atom is -0.413 e. The average Bonchev–Trinajstić information content (AvgIpc) is 2.84. The number of nitrogens with zero attached hydrogens (tertiary/aromatic N) is 3. The fraction of sp³-hybridized carbons (Fsp3) is 0.0870. The Bertz CT molecular complexity index is 1580. The van der Waals surface area contributed by atoms with E-state index in [2.05, 4.69) is 15.0 Å². The second-order valence-corrected chi connectivity index (χ2v) is 7.40. The van der Waals surface area contributed by atoms with Crippen LogP contribution in [0.25, 0.3) is 5.52 Å². The predicted octanol–water partition coefficient (Wildman–Crippen LogP) is 2.76. The van der Waals surface area contributed by atoms with Crippen molar-refractivity contribution in [2.45, 2.75) is 12.7 Å². The first-order valence-electron chi connectivity index (χ1n) is 10.1. The van der Waals surface area contributed by atoms with Crippen molar-refractivity contribution in [3.63, 3.8) is 0 Å². The van der Waals surface area contributed by atoms with Crippen molar-refractivity contribution in [3.8, 4) is 5.75 Å². The first-order valence-corrected chi connectivity index (χ1v) is 10.1. The molecule has 0 saturated carbocycles. The fourth-order valence-electron chi connectivity index (χ4n) is 3.23. The molecule has 0 radical (unpaired) electrons. The normalized spacial score (nSPS) is 11.3. The number of benzene rings is 1. The van der Waals surface area contributed by atoms with Gasteiger partial charge in [-0.3, -0.25) is 19.4 Å². The Hall–Kier alpha value is -4.81. The first kappa shape index (κ1) is 24.3. The standard InChI is InChI=1S/C23H14F4N4O5/c24-15-5-3-13(4-6-15)11-31-9-8-30-12-16(29-20(33)14-2-1-7-28-10-14)18(32)19(17(30)21(31)34)36-22(35)23(25,26)27/h1-10,12H,11H2,(H,29,33). The number of esters is 1. The lowest BCUT2D eigenvalue weighted by atomic mass is 10.2. The Morgan fingerprint density at radius 2 is 1.78 bits per heavy atom. The lowest BCUT2D eigenvalue weighted by Crippen LogP contribution is -2.33. The van der Waals surface area contributed by atoms with E-state index in [1.54, 1.807) is 0 Å². The predicted molar refractivity (Wildman–Crippen MR) is 117 cm³/mol. The van der Waals surface area contributed by atoms with E-state index in [4.69, 9.17) is 0 Å². The van der Waals surface area contributed by atoms with E-state index in [0.717, 1.165) is 27.3 Å². The van der Waals surface area contributed by atoms with Crippen molar-refractivity contribution >= 4 is 23.1 Å². The minimum atomic E-state index is -5.47. The zero-order valence-corrected chi connectivity index (χ0v) is 18.0. The van der Waals surface area contributed by atoms with Gasteiger partial charge in [-0.25, -0.2) is 9.18 Å². The van der Waals surface area contributed by atoms with Crippen molar-refractivity contribution < 1.29 is 31.9 Å². The van der Waals surface area contributed by atoms with Crippen LogP contribution in [0.5, 0.6) is 5.75 Å². The summed E-state index contributed by atoms with van der Waals surface area (Å²) in [5.74, 6) is -5.29. The molecular weight excluding hydrogens is 488 g/mol. The Morgan fingerprint density at radius 1 is 1.06 bits per heavy atom. The van der Waals surface area contributed by atoms with Crippen molar-refractivity contribution in [1.29, 1.82) is 0 Å². The summed E-state index contributed by atoms with van der Waals surface area (Å²) in [7, 11) is 0. The van der Waals surface area contributed by atoms with Crippen molar-refractivity contribution in [1.82, 2.24) is 14.0 Å². The van der Waals surface area contributed by atoms with Gasteiger partial charge in [0, 0.05) is 31.0 Å². The number of ether oxygens (including phenoxy) is 1. The number of halogens is 4. The highest BCUT2D eigenvalue weighted by Gasteiger charge is 2.42. The lowest BCUT2D eigenvalue weighted by molar-refractivity contribution is -0.189. The number of carbonyl (C=O) groups is 2. The molecule has 1 amide bonds. The van der Waals surface area contributed by atoms with Gasteiger partial charge in [-0.15, -0.1) is 0 Å². The molecule has 3 aromatic heterocycles. The van der Waals surface area contributed by atoms with Crippen molar-refractivity contribution in [3.05, 3.63) is 105 Å². The maximum absolute atomic E-state index is 13.2.